The van der Waals surface area contributed by atoms with Crippen LogP contribution in [-0.2, 0) is 28.8 Å². The van der Waals surface area contributed by atoms with E-state index in [0.717, 1.165) is 0 Å². The van der Waals surface area contributed by atoms with Gasteiger partial charge in [-0.1, -0.05) is 0 Å². The molecule has 0 bridgehead atoms. The van der Waals surface area contributed by atoms with Gasteiger partial charge in [0.1, 0.15) is 18.1 Å². The lowest BCUT2D eigenvalue weighted by Crippen LogP contribution is -2.57. The van der Waals surface area contributed by atoms with Crippen molar-refractivity contribution in [2.24, 2.45) is 17.2 Å². The molecule has 13 nitrogen and oxygen atoms in total. The summed E-state index contributed by atoms with van der Waals surface area (Å²) in [6.07, 6.45) is -0.487. The number of hydrogen-bond acceptors (Lipinski definition) is 8. The fourth-order valence-electron chi connectivity index (χ4n) is 2.95. The summed E-state index contributed by atoms with van der Waals surface area (Å²) in [5.41, 5.74) is 15.7. The van der Waals surface area contributed by atoms with Gasteiger partial charge in [-0.2, -0.15) is 12.6 Å². The van der Waals surface area contributed by atoms with Gasteiger partial charge in [0, 0.05) is 12.3 Å². The van der Waals surface area contributed by atoms with Crippen LogP contribution in [0.3, 0.4) is 0 Å². The van der Waals surface area contributed by atoms with Crippen molar-refractivity contribution in [3.05, 3.63) is 0 Å². The Hall–Kier alpha value is -2.87. The van der Waals surface area contributed by atoms with Gasteiger partial charge in [0.2, 0.25) is 29.5 Å². The number of nitrogens with zero attached hydrogens (tertiary/aromatic N) is 1. The Bertz CT molecular complexity index is 718. The predicted molar refractivity (Wildman–Crippen MR) is 106 cm³/mol. The Labute approximate surface area is 177 Å². The standard InChI is InChI=1S/C16H26N6O7S/c17-7(6-30)15(27)22-3-1-2-10(22)14(26)20-8(4-11(18)23)13(25)21-9(16(28)29)5-12(19)24/h7-10,30H,1-6,17H2,(H2,18,23)(H2,19,24)(H,20,26)(H,21,25)(H,28,29). The summed E-state index contributed by atoms with van der Waals surface area (Å²) in [4.78, 5) is 72.2. The summed E-state index contributed by atoms with van der Waals surface area (Å²) in [6.45, 7) is 0.283. The first-order valence-electron chi connectivity index (χ1n) is 9.05. The highest BCUT2D eigenvalue weighted by atomic mass is 32.1. The normalized spacial score (nSPS) is 18.7. The molecule has 30 heavy (non-hydrogen) atoms. The quantitative estimate of drug-likeness (QED) is 0.154. The lowest BCUT2D eigenvalue weighted by atomic mass is 10.1. The molecule has 1 aliphatic heterocycles. The summed E-state index contributed by atoms with van der Waals surface area (Å²) in [5.74, 6) is -5.61. The van der Waals surface area contributed by atoms with Gasteiger partial charge in [-0.05, 0) is 12.8 Å². The van der Waals surface area contributed by atoms with Crippen LogP contribution < -0.4 is 27.8 Å². The third-order valence-electron chi connectivity index (χ3n) is 4.41. The van der Waals surface area contributed by atoms with Crippen LogP contribution in [0.1, 0.15) is 25.7 Å². The molecule has 1 aliphatic rings. The van der Waals surface area contributed by atoms with Gasteiger partial charge in [-0.25, -0.2) is 4.79 Å². The van der Waals surface area contributed by atoms with E-state index >= 15 is 0 Å². The van der Waals surface area contributed by atoms with Crippen LogP contribution in [0.2, 0.25) is 0 Å². The first kappa shape index (κ1) is 25.2. The average molecular weight is 446 g/mol. The minimum atomic E-state index is -1.65. The molecule has 4 unspecified atom stereocenters. The molecule has 0 radical (unpaired) electrons. The number of amides is 5. The van der Waals surface area contributed by atoms with E-state index in [2.05, 4.69) is 17.9 Å². The zero-order chi connectivity index (χ0) is 23.0. The van der Waals surface area contributed by atoms with Crippen molar-refractivity contribution < 1.29 is 33.9 Å². The van der Waals surface area contributed by atoms with E-state index in [0.29, 0.717) is 12.8 Å². The van der Waals surface area contributed by atoms with Crippen LogP contribution in [0.25, 0.3) is 0 Å². The maximum atomic E-state index is 12.7. The maximum absolute atomic E-state index is 12.7. The van der Waals surface area contributed by atoms with E-state index < -0.39 is 72.5 Å². The second-order valence-electron chi connectivity index (χ2n) is 6.78. The largest absolute Gasteiger partial charge is 0.480 e. The second-order valence-corrected chi connectivity index (χ2v) is 7.15. The summed E-state index contributed by atoms with van der Waals surface area (Å²) in [5, 5.41) is 13.4. The highest BCUT2D eigenvalue weighted by Gasteiger charge is 2.38. The lowest BCUT2D eigenvalue weighted by Gasteiger charge is -2.28. The van der Waals surface area contributed by atoms with E-state index in [9.17, 15) is 28.8 Å². The van der Waals surface area contributed by atoms with Gasteiger partial charge < -0.3 is 37.8 Å². The molecule has 9 N–H and O–H groups in total. The van der Waals surface area contributed by atoms with Crippen molar-refractivity contribution >= 4 is 48.1 Å². The number of rotatable bonds is 11. The monoisotopic (exact) mass is 446 g/mol. The van der Waals surface area contributed by atoms with Crippen LogP contribution in [0, 0.1) is 0 Å². The Morgan fingerprint density at radius 1 is 1.03 bits per heavy atom. The molecule has 1 heterocycles. The number of carbonyl (C=O) groups is 6. The highest BCUT2D eigenvalue weighted by Crippen LogP contribution is 2.19. The maximum Gasteiger partial charge on any atom is 0.326 e. The predicted octanol–water partition coefficient (Wildman–Crippen LogP) is -3.96. The molecule has 4 atom stereocenters. The van der Waals surface area contributed by atoms with Crippen LogP contribution in [0.15, 0.2) is 0 Å². The first-order chi connectivity index (χ1) is 14.0. The number of primary amides is 2. The molecule has 14 heteroatoms. The molecule has 0 aromatic carbocycles. The minimum Gasteiger partial charge on any atom is -0.480 e. The molecular formula is C16H26N6O7S. The van der Waals surface area contributed by atoms with Gasteiger partial charge >= 0.3 is 5.97 Å². The fraction of sp³-hybridized carbons (Fsp3) is 0.625. The molecule has 0 spiro atoms. The van der Waals surface area contributed by atoms with Crippen molar-refractivity contribution in [3.63, 3.8) is 0 Å². The molecular weight excluding hydrogens is 420 g/mol. The Kier molecular flexibility index (Phi) is 9.52. The van der Waals surface area contributed by atoms with Gasteiger partial charge in [-0.15, -0.1) is 0 Å². The lowest BCUT2D eigenvalue weighted by molar-refractivity contribution is -0.144. The summed E-state index contributed by atoms with van der Waals surface area (Å²) in [6, 6.07) is -5.00. The Balaban J connectivity index is 2.93. The molecule has 168 valence electrons. The molecule has 1 fully saturated rings. The van der Waals surface area contributed by atoms with Crippen molar-refractivity contribution in [1.29, 1.82) is 0 Å². The Morgan fingerprint density at radius 2 is 1.60 bits per heavy atom. The second kappa shape index (κ2) is 11.3. The van der Waals surface area contributed by atoms with Crippen molar-refractivity contribution in [3.8, 4) is 0 Å². The van der Waals surface area contributed by atoms with Crippen molar-refractivity contribution in [2.45, 2.75) is 49.9 Å². The van der Waals surface area contributed by atoms with Gasteiger partial charge in [0.15, 0.2) is 0 Å². The number of likely N-dealkylation sites (tertiary alicyclic amines) is 1. The topological polar surface area (TPSA) is 228 Å². The van der Waals surface area contributed by atoms with Crippen LogP contribution in [0.4, 0.5) is 0 Å². The number of aliphatic carboxylic acids is 1. The molecule has 0 aromatic heterocycles. The molecule has 0 aromatic rings. The minimum absolute atomic E-state index is 0.0762. The zero-order valence-electron chi connectivity index (χ0n) is 16.1. The summed E-state index contributed by atoms with van der Waals surface area (Å²) < 4.78 is 0. The van der Waals surface area contributed by atoms with E-state index in [-0.39, 0.29) is 12.3 Å². The van der Waals surface area contributed by atoms with E-state index in [4.69, 9.17) is 22.3 Å². The van der Waals surface area contributed by atoms with Gasteiger partial charge in [0.05, 0.1) is 18.9 Å². The summed E-state index contributed by atoms with van der Waals surface area (Å²) in [7, 11) is 0. The fourth-order valence-corrected chi connectivity index (χ4v) is 3.10. The molecule has 1 rings (SSSR count). The van der Waals surface area contributed by atoms with E-state index in [1.165, 1.54) is 4.90 Å². The van der Waals surface area contributed by atoms with E-state index in [1.54, 1.807) is 0 Å². The smallest absolute Gasteiger partial charge is 0.326 e. The van der Waals surface area contributed by atoms with E-state index in [1.807, 2.05) is 5.32 Å². The number of thiol groups is 1. The highest BCUT2D eigenvalue weighted by molar-refractivity contribution is 7.80. The third-order valence-corrected chi connectivity index (χ3v) is 4.80. The number of nitrogens with one attached hydrogen (secondary N) is 2. The van der Waals surface area contributed by atoms with Crippen LogP contribution in [0.5, 0.6) is 0 Å². The molecule has 0 aliphatic carbocycles. The molecule has 1 saturated heterocycles. The number of carboxylic acid groups (broad SMARTS) is 1. The SMILES string of the molecule is NC(=O)CC(NC(=O)C(CC(N)=O)NC(=O)C1CCCN1C(=O)C(N)CS)C(=O)O. The molecule has 0 saturated carbocycles. The van der Waals surface area contributed by atoms with Crippen LogP contribution in [-0.4, -0.2) is 82.0 Å². The average Bonchev–Trinajstić information content (AvgIpc) is 3.14. The van der Waals surface area contributed by atoms with Crippen molar-refractivity contribution in [2.75, 3.05) is 12.3 Å². The number of nitrogens with two attached hydrogens (primary N) is 3. The first-order valence-corrected chi connectivity index (χ1v) is 9.68. The van der Waals surface area contributed by atoms with Crippen molar-refractivity contribution in [1.82, 2.24) is 15.5 Å². The third kappa shape index (κ3) is 7.18. The Morgan fingerprint density at radius 3 is 2.10 bits per heavy atom. The molecule has 5 amide bonds. The number of carbonyl (C=O) groups excluding carboxylic acids is 5. The van der Waals surface area contributed by atoms with Gasteiger partial charge in [-0.3, -0.25) is 24.0 Å². The zero-order valence-corrected chi connectivity index (χ0v) is 17.0. The number of carboxylic acids is 1. The van der Waals surface area contributed by atoms with Crippen LogP contribution >= 0.6 is 12.6 Å². The number of hydrogen-bond donors (Lipinski definition) is 7. The van der Waals surface area contributed by atoms with Gasteiger partial charge in [0.25, 0.3) is 0 Å². The summed E-state index contributed by atoms with van der Waals surface area (Å²) >= 11 is 3.96.